The summed E-state index contributed by atoms with van der Waals surface area (Å²) in [4.78, 5) is 12.4. The van der Waals surface area contributed by atoms with E-state index in [2.05, 4.69) is 28.2 Å². The van der Waals surface area contributed by atoms with Crippen molar-refractivity contribution in [3.63, 3.8) is 0 Å². The Balaban J connectivity index is 1.90. The lowest BCUT2D eigenvalue weighted by Crippen LogP contribution is -2.22. The van der Waals surface area contributed by atoms with E-state index in [4.69, 9.17) is 9.47 Å². The fraction of sp³-hybridized carbons (Fsp3) is 0.381. The molecule has 2 aromatic rings. The van der Waals surface area contributed by atoms with Crippen LogP contribution in [0.5, 0.6) is 11.5 Å². The van der Waals surface area contributed by atoms with Crippen LogP contribution < -0.4 is 14.8 Å². The Labute approximate surface area is 164 Å². The van der Waals surface area contributed by atoms with Gasteiger partial charge >= 0.3 is 0 Å². The molecule has 0 spiro atoms. The van der Waals surface area contributed by atoms with Crippen molar-refractivity contribution in [3.05, 3.63) is 58.1 Å². The molecule has 0 aliphatic rings. The van der Waals surface area contributed by atoms with Crippen molar-refractivity contribution in [2.45, 2.75) is 46.3 Å². The minimum absolute atomic E-state index is 0.117. The van der Waals surface area contributed by atoms with Gasteiger partial charge in [-0.15, -0.1) is 0 Å². The summed E-state index contributed by atoms with van der Waals surface area (Å²) in [6.45, 7) is 7.25. The van der Waals surface area contributed by atoms with Crippen LogP contribution in [0.2, 0.25) is 0 Å². The number of halogens is 1. The van der Waals surface area contributed by atoms with E-state index in [0.717, 1.165) is 34.4 Å². The van der Waals surface area contributed by atoms with Gasteiger partial charge in [0.25, 0.3) is 5.91 Å². The van der Waals surface area contributed by atoms with Crippen molar-refractivity contribution in [2.24, 2.45) is 0 Å². The predicted molar refractivity (Wildman–Crippen MR) is 108 cm³/mol. The standard InChI is InChI=1S/C21H26BrNO3/c1-4-5-12-25-20-11-8-17(13-19(20)22)21(24)23-14-16-6-9-18(10-7-16)26-15(2)3/h6-11,13,15H,4-5,12,14H2,1-3H3,(H,23,24). The zero-order valence-corrected chi connectivity index (χ0v) is 17.1. The minimum Gasteiger partial charge on any atom is -0.492 e. The molecule has 0 fully saturated rings. The first-order chi connectivity index (χ1) is 12.5. The highest BCUT2D eigenvalue weighted by Gasteiger charge is 2.09. The summed E-state index contributed by atoms with van der Waals surface area (Å²) in [7, 11) is 0. The van der Waals surface area contributed by atoms with E-state index in [9.17, 15) is 4.79 Å². The van der Waals surface area contributed by atoms with E-state index in [1.54, 1.807) is 12.1 Å². The summed E-state index contributed by atoms with van der Waals surface area (Å²) < 4.78 is 12.1. The molecular formula is C21H26BrNO3. The topological polar surface area (TPSA) is 47.6 Å². The molecule has 0 saturated heterocycles. The molecule has 1 amide bonds. The van der Waals surface area contributed by atoms with Gasteiger partial charge in [-0.1, -0.05) is 25.5 Å². The van der Waals surface area contributed by atoms with Crippen LogP contribution in [0.15, 0.2) is 46.9 Å². The Morgan fingerprint density at radius 2 is 1.88 bits per heavy atom. The molecule has 0 atom stereocenters. The Morgan fingerprint density at radius 3 is 2.50 bits per heavy atom. The first-order valence-corrected chi connectivity index (χ1v) is 9.75. The molecule has 140 valence electrons. The highest BCUT2D eigenvalue weighted by molar-refractivity contribution is 9.10. The molecule has 0 aliphatic carbocycles. The number of carbonyl (C=O) groups is 1. The fourth-order valence-corrected chi connectivity index (χ4v) is 2.82. The summed E-state index contributed by atoms with van der Waals surface area (Å²) >= 11 is 3.47. The van der Waals surface area contributed by atoms with E-state index in [1.807, 2.05) is 44.2 Å². The lowest BCUT2D eigenvalue weighted by Gasteiger charge is -2.11. The quantitative estimate of drug-likeness (QED) is 0.557. The molecule has 2 rings (SSSR count). The zero-order chi connectivity index (χ0) is 18.9. The zero-order valence-electron chi connectivity index (χ0n) is 15.5. The summed E-state index contributed by atoms with van der Waals surface area (Å²) in [5.41, 5.74) is 1.62. The number of nitrogens with one attached hydrogen (secondary N) is 1. The third kappa shape index (κ3) is 6.37. The molecule has 0 radical (unpaired) electrons. The van der Waals surface area contributed by atoms with E-state index in [-0.39, 0.29) is 12.0 Å². The summed E-state index contributed by atoms with van der Waals surface area (Å²) in [6, 6.07) is 13.1. The predicted octanol–water partition coefficient (Wildman–Crippen LogP) is 5.35. The third-order valence-electron chi connectivity index (χ3n) is 3.70. The van der Waals surface area contributed by atoms with Gasteiger partial charge in [0.2, 0.25) is 0 Å². The Hall–Kier alpha value is -2.01. The van der Waals surface area contributed by atoms with Crippen molar-refractivity contribution in [1.29, 1.82) is 0 Å². The molecule has 1 N–H and O–H groups in total. The van der Waals surface area contributed by atoms with Gasteiger partial charge in [-0.2, -0.15) is 0 Å². The molecule has 0 aliphatic heterocycles. The van der Waals surface area contributed by atoms with Crippen LogP contribution in [0.4, 0.5) is 0 Å². The maximum Gasteiger partial charge on any atom is 0.251 e. The number of rotatable bonds is 9. The number of ether oxygens (including phenoxy) is 2. The number of benzene rings is 2. The van der Waals surface area contributed by atoms with E-state index >= 15 is 0 Å². The van der Waals surface area contributed by atoms with E-state index < -0.39 is 0 Å². The van der Waals surface area contributed by atoms with Crippen LogP contribution in [0.25, 0.3) is 0 Å². The van der Waals surface area contributed by atoms with Crippen molar-refractivity contribution in [3.8, 4) is 11.5 Å². The Kier molecular flexibility index (Phi) is 7.98. The summed E-state index contributed by atoms with van der Waals surface area (Å²) in [6.07, 6.45) is 2.24. The number of hydrogen-bond acceptors (Lipinski definition) is 3. The molecule has 5 heteroatoms. The first kappa shape index (κ1) is 20.3. The highest BCUT2D eigenvalue weighted by atomic mass is 79.9. The lowest BCUT2D eigenvalue weighted by molar-refractivity contribution is 0.0951. The average molecular weight is 420 g/mol. The van der Waals surface area contributed by atoms with Crippen LogP contribution in [-0.4, -0.2) is 18.6 Å². The molecular weight excluding hydrogens is 394 g/mol. The molecule has 0 bridgehead atoms. The second-order valence-corrected chi connectivity index (χ2v) is 7.19. The normalized spacial score (nSPS) is 10.7. The van der Waals surface area contributed by atoms with Gasteiger partial charge in [0.05, 0.1) is 17.2 Å². The smallest absolute Gasteiger partial charge is 0.251 e. The third-order valence-corrected chi connectivity index (χ3v) is 4.32. The van der Waals surface area contributed by atoms with Crippen molar-refractivity contribution in [2.75, 3.05) is 6.61 Å². The Morgan fingerprint density at radius 1 is 1.15 bits per heavy atom. The van der Waals surface area contributed by atoms with Crippen LogP contribution in [0.3, 0.4) is 0 Å². The van der Waals surface area contributed by atoms with Gasteiger partial charge < -0.3 is 14.8 Å². The number of amides is 1. The average Bonchev–Trinajstić information content (AvgIpc) is 2.62. The highest BCUT2D eigenvalue weighted by Crippen LogP contribution is 2.26. The molecule has 4 nitrogen and oxygen atoms in total. The van der Waals surface area contributed by atoms with Gasteiger partial charge in [0.1, 0.15) is 11.5 Å². The second kappa shape index (κ2) is 10.2. The van der Waals surface area contributed by atoms with Gasteiger partial charge in [-0.05, 0) is 72.1 Å². The number of hydrogen-bond donors (Lipinski definition) is 1. The molecule has 0 saturated carbocycles. The Bertz CT molecular complexity index is 714. The van der Waals surface area contributed by atoms with Crippen molar-refractivity contribution >= 4 is 21.8 Å². The monoisotopic (exact) mass is 419 g/mol. The first-order valence-electron chi connectivity index (χ1n) is 8.95. The summed E-state index contributed by atoms with van der Waals surface area (Å²) in [5.74, 6) is 1.47. The van der Waals surface area contributed by atoms with Crippen LogP contribution in [0.1, 0.15) is 49.5 Å². The maximum atomic E-state index is 12.4. The minimum atomic E-state index is -0.117. The van der Waals surface area contributed by atoms with Crippen LogP contribution >= 0.6 is 15.9 Å². The van der Waals surface area contributed by atoms with Crippen LogP contribution in [0, 0.1) is 0 Å². The molecule has 0 heterocycles. The number of carbonyl (C=O) groups excluding carboxylic acids is 1. The van der Waals surface area contributed by atoms with Crippen molar-refractivity contribution < 1.29 is 14.3 Å². The summed E-state index contributed by atoms with van der Waals surface area (Å²) in [5, 5.41) is 2.93. The molecule has 0 unspecified atom stereocenters. The van der Waals surface area contributed by atoms with Gasteiger partial charge in [-0.25, -0.2) is 0 Å². The second-order valence-electron chi connectivity index (χ2n) is 6.34. The largest absolute Gasteiger partial charge is 0.492 e. The van der Waals surface area contributed by atoms with Gasteiger partial charge in [-0.3, -0.25) is 4.79 Å². The lowest BCUT2D eigenvalue weighted by atomic mass is 10.2. The van der Waals surface area contributed by atoms with Gasteiger partial charge in [0, 0.05) is 12.1 Å². The van der Waals surface area contributed by atoms with E-state index in [0.29, 0.717) is 18.7 Å². The fourth-order valence-electron chi connectivity index (χ4n) is 2.33. The van der Waals surface area contributed by atoms with Crippen LogP contribution in [-0.2, 0) is 6.54 Å². The molecule has 26 heavy (non-hydrogen) atoms. The molecule has 0 aromatic heterocycles. The van der Waals surface area contributed by atoms with Gasteiger partial charge in [0.15, 0.2) is 0 Å². The molecule has 2 aromatic carbocycles. The SMILES string of the molecule is CCCCOc1ccc(C(=O)NCc2ccc(OC(C)C)cc2)cc1Br. The number of unbranched alkanes of at least 4 members (excludes halogenated alkanes) is 1. The van der Waals surface area contributed by atoms with E-state index in [1.165, 1.54) is 0 Å². The van der Waals surface area contributed by atoms with Crippen molar-refractivity contribution in [1.82, 2.24) is 5.32 Å². The maximum absolute atomic E-state index is 12.4.